The second kappa shape index (κ2) is 7.69. The van der Waals surface area contributed by atoms with E-state index in [9.17, 15) is 0 Å². The quantitative estimate of drug-likeness (QED) is 0.443. The Morgan fingerprint density at radius 1 is 1.06 bits per heavy atom. The first kappa shape index (κ1) is 18.9. The number of nitrogens with zero attached hydrogens (tertiary/aromatic N) is 5. The first-order valence-corrected chi connectivity index (χ1v) is 10.9. The zero-order chi connectivity index (χ0) is 21.5. The molecule has 6 rings (SSSR count). The molecule has 2 N–H and O–H groups in total. The normalized spacial score (nSPS) is 15.3. The van der Waals surface area contributed by atoms with Gasteiger partial charge in [-0.2, -0.15) is 5.10 Å². The van der Waals surface area contributed by atoms with E-state index in [2.05, 4.69) is 44.6 Å². The average molecular weight is 422 g/mol. The van der Waals surface area contributed by atoms with Crippen LogP contribution in [0.2, 0.25) is 0 Å². The Hall–Kier alpha value is -3.84. The van der Waals surface area contributed by atoms with Gasteiger partial charge in [-0.1, -0.05) is 30.3 Å². The summed E-state index contributed by atoms with van der Waals surface area (Å²) in [6.45, 7) is 2.66. The molecule has 5 aromatic rings. The number of H-pyrrole nitrogens is 1. The van der Waals surface area contributed by atoms with E-state index in [0.29, 0.717) is 12.6 Å². The molecule has 1 aromatic carbocycles. The molecule has 1 atom stereocenters. The molecule has 4 aromatic heterocycles. The summed E-state index contributed by atoms with van der Waals surface area (Å²) < 4.78 is 1.77. The maximum absolute atomic E-state index is 4.98. The molecule has 0 unspecified atom stereocenters. The van der Waals surface area contributed by atoms with Crippen LogP contribution >= 0.6 is 0 Å². The van der Waals surface area contributed by atoms with E-state index >= 15 is 0 Å². The number of benzene rings is 1. The highest BCUT2D eigenvalue weighted by atomic mass is 15.3. The Morgan fingerprint density at radius 3 is 2.94 bits per heavy atom. The van der Waals surface area contributed by atoms with E-state index in [4.69, 9.17) is 9.97 Å². The molecule has 158 valence electrons. The van der Waals surface area contributed by atoms with Gasteiger partial charge < -0.3 is 10.3 Å². The molecule has 0 aliphatic heterocycles. The van der Waals surface area contributed by atoms with E-state index in [1.54, 1.807) is 10.8 Å². The number of rotatable bonds is 5. The summed E-state index contributed by atoms with van der Waals surface area (Å²) in [5.41, 5.74) is 8.24. The van der Waals surface area contributed by atoms with Crippen molar-refractivity contribution in [2.45, 2.75) is 32.4 Å². The van der Waals surface area contributed by atoms with Gasteiger partial charge in [-0.15, -0.1) is 0 Å². The van der Waals surface area contributed by atoms with Crippen molar-refractivity contribution < 1.29 is 0 Å². The van der Waals surface area contributed by atoms with Crippen molar-refractivity contribution in [1.29, 1.82) is 0 Å². The van der Waals surface area contributed by atoms with E-state index in [1.165, 1.54) is 11.1 Å². The molecule has 0 amide bonds. The number of nitrogens with one attached hydrogen (secondary N) is 2. The molecule has 1 aliphatic carbocycles. The zero-order valence-electron chi connectivity index (χ0n) is 17.8. The van der Waals surface area contributed by atoms with Crippen LogP contribution in [-0.2, 0) is 13.0 Å². The molecule has 0 saturated heterocycles. The standard InChI is InChI=1S/C25H23N7/c1-16-5-4-8-21(29-16)25-24(18-10-12-23-27-15-28-32(23)14-18)30-22(31-25)13-26-20-11-9-17-6-2-3-7-19(17)20/h2-8,10,12,14-15,20,26H,9,11,13H2,1H3,(H,30,31)/t20-/m0/s1. The van der Waals surface area contributed by atoms with Crippen LogP contribution in [0.1, 0.15) is 35.1 Å². The molecule has 0 bridgehead atoms. The zero-order valence-corrected chi connectivity index (χ0v) is 17.8. The monoisotopic (exact) mass is 421 g/mol. The fourth-order valence-corrected chi connectivity index (χ4v) is 4.53. The van der Waals surface area contributed by atoms with E-state index < -0.39 is 0 Å². The first-order valence-electron chi connectivity index (χ1n) is 10.9. The van der Waals surface area contributed by atoms with Crippen LogP contribution in [-0.4, -0.2) is 29.5 Å². The highest BCUT2D eigenvalue weighted by molar-refractivity contribution is 5.77. The Bertz CT molecular complexity index is 1410. The van der Waals surface area contributed by atoms with Gasteiger partial charge in [-0.25, -0.2) is 14.5 Å². The van der Waals surface area contributed by atoms with Gasteiger partial charge >= 0.3 is 0 Å². The van der Waals surface area contributed by atoms with Gasteiger partial charge in [0.05, 0.1) is 23.6 Å². The highest BCUT2D eigenvalue weighted by Crippen LogP contribution is 2.32. The third-order valence-corrected chi connectivity index (χ3v) is 6.09. The lowest BCUT2D eigenvalue weighted by molar-refractivity contribution is 0.521. The summed E-state index contributed by atoms with van der Waals surface area (Å²) in [6, 6.07) is 19.1. The number of aromatic nitrogens is 6. The maximum atomic E-state index is 4.98. The molecule has 0 saturated carbocycles. The van der Waals surface area contributed by atoms with Crippen molar-refractivity contribution >= 4 is 5.65 Å². The largest absolute Gasteiger partial charge is 0.339 e. The van der Waals surface area contributed by atoms with Crippen LogP contribution in [0.4, 0.5) is 0 Å². The molecule has 1 aliphatic rings. The molecule has 7 heteroatoms. The lowest BCUT2D eigenvalue weighted by Crippen LogP contribution is -2.19. The van der Waals surface area contributed by atoms with Crippen LogP contribution in [0.3, 0.4) is 0 Å². The number of hydrogen-bond acceptors (Lipinski definition) is 5. The van der Waals surface area contributed by atoms with Crippen molar-refractivity contribution in [2.75, 3.05) is 0 Å². The van der Waals surface area contributed by atoms with Gasteiger partial charge in [-0.05, 0) is 55.2 Å². The predicted octanol–water partition coefficient (Wildman–Crippen LogP) is 4.27. The minimum atomic E-state index is 0.354. The van der Waals surface area contributed by atoms with E-state index in [-0.39, 0.29) is 0 Å². The maximum Gasteiger partial charge on any atom is 0.155 e. The summed E-state index contributed by atoms with van der Waals surface area (Å²) >= 11 is 0. The Kier molecular flexibility index (Phi) is 4.54. The van der Waals surface area contributed by atoms with Crippen molar-refractivity contribution in [2.24, 2.45) is 0 Å². The van der Waals surface area contributed by atoms with Crippen LogP contribution in [0.25, 0.3) is 28.3 Å². The van der Waals surface area contributed by atoms with Crippen LogP contribution in [0.5, 0.6) is 0 Å². The fraction of sp³-hybridized carbons (Fsp3) is 0.200. The molecule has 0 radical (unpaired) electrons. The SMILES string of the molecule is Cc1cccc(-c2[nH]c(CN[C@H]3CCc4ccccc43)nc2-c2ccc3ncnn3c2)n1. The molecule has 32 heavy (non-hydrogen) atoms. The van der Waals surface area contributed by atoms with Gasteiger partial charge in [-0.3, -0.25) is 4.98 Å². The molecule has 7 nitrogen and oxygen atoms in total. The van der Waals surface area contributed by atoms with Crippen molar-refractivity contribution in [3.63, 3.8) is 0 Å². The summed E-state index contributed by atoms with van der Waals surface area (Å²) in [5.74, 6) is 0.890. The number of pyridine rings is 2. The third kappa shape index (κ3) is 3.36. The molecular weight excluding hydrogens is 398 g/mol. The van der Waals surface area contributed by atoms with Crippen molar-refractivity contribution in [3.05, 3.63) is 89.8 Å². The minimum absolute atomic E-state index is 0.354. The molecule has 0 spiro atoms. The Morgan fingerprint density at radius 2 is 2.00 bits per heavy atom. The number of fused-ring (bicyclic) bond motifs is 2. The van der Waals surface area contributed by atoms with Crippen molar-refractivity contribution in [3.8, 4) is 22.6 Å². The van der Waals surface area contributed by atoms with Crippen LogP contribution in [0, 0.1) is 6.92 Å². The summed E-state index contributed by atoms with van der Waals surface area (Å²) in [4.78, 5) is 17.5. The number of imidazole rings is 1. The molecular formula is C25H23N7. The van der Waals surface area contributed by atoms with Gasteiger partial charge in [0.2, 0.25) is 0 Å². The minimum Gasteiger partial charge on any atom is -0.339 e. The molecule has 4 heterocycles. The average Bonchev–Trinajstić information content (AvgIpc) is 3.55. The van der Waals surface area contributed by atoms with Gasteiger partial charge in [0, 0.05) is 23.5 Å². The van der Waals surface area contributed by atoms with Crippen molar-refractivity contribution in [1.82, 2.24) is 34.9 Å². The Labute approximate surface area is 185 Å². The fourth-order valence-electron chi connectivity index (χ4n) is 4.53. The molecule has 0 fully saturated rings. The predicted molar refractivity (Wildman–Crippen MR) is 123 cm³/mol. The summed E-state index contributed by atoms with van der Waals surface area (Å²) in [5, 5.41) is 7.97. The van der Waals surface area contributed by atoms with E-state index in [1.807, 2.05) is 43.5 Å². The van der Waals surface area contributed by atoms with Gasteiger partial charge in [0.25, 0.3) is 0 Å². The topological polar surface area (TPSA) is 83.8 Å². The third-order valence-electron chi connectivity index (χ3n) is 6.09. The number of aromatic amines is 1. The first-order chi connectivity index (χ1) is 15.7. The van der Waals surface area contributed by atoms with Crippen LogP contribution in [0.15, 0.2) is 67.1 Å². The Balaban J connectivity index is 1.36. The van der Waals surface area contributed by atoms with E-state index in [0.717, 1.165) is 52.7 Å². The second-order valence-corrected chi connectivity index (χ2v) is 8.22. The second-order valence-electron chi connectivity index (χ2n) is 8.22. The lowest BCUT2D eigenvalue weighted by Gasteiger charge is -2.12. The lowest BCUT2D eigenvalue weighted by atomic mass is 10.1. The smallest absolute Gasteiger partial charge is 0.155 e. The van der Waals surface area contributed by atoms with Crippen LogP contribution < -0.4 is 5.32 Å². The summed E-state index contributed by atoms with van der Waals surface area (Å²) in [7, 11) is 0. The van der Waals surface area contributed by atoms with Gasteiger partial charge in [0.1, 0.15) is 12.2 Å². The summed E-state index contributed by atoms with van der Waals surface area (Å²) in [6.07, 6.45) is 5.75. The number of hydrogen-bond donors (Lipinski definition) is 2. The van der Waals surface area contributed by atoms with Gasteiger partial charge in [0.15, 0.2) is 5.65 Å². The number of aryl methyl sites for hydroxylation is 2. The highest BCUT2D eigenvalue weighted by Gasteiger charge is 2.22.